The number of anilines is 1. The molecule has 0 fully saturated rings. The van der Waals surface area contributed by atoms with Crippen LogP contribution in [0.4, 0.5) is 5.82 Å². The molecule has 0 aliphatic carbocycles. The first-order chi connectivity index (χ1) is 9.20. The number of hydrogen-bond donors (Lipinski definition) is 1. The Morgan fingerprint density at radius 1 is 1.42 bits per heavy atom. The van der Waals surface area contributed by atoms with Crippen LogP contribution in [0, 0.1) is 6.92 Å². The molecule has 0 aliphatic rings. The lowest BCUT2D eigenvalue weighted by molar-refractivity contribution is 0.0527. The van der Waals surface area contributed by atoms with E-state index >= 15 is 0 Å². The fraction of sp³-hybridized carbons (Fsp3) is 0.286. The third-order valence-electron chi connectivity index (χ3n) is 2.53. The Labute approximate surface area is 111 Å². The Kier molecular flexibility index (Phi) is 4.18. The molecule has 2 rings (SSSR count). The van der Waals surface area contributed by atoms with Crippen LogP contribution in [-0.2, 0) is 11.3 Å². The number of nitrogens with one attached hydrogen (secondary N) is 1. The lowest BCUT2D eigenvalue weighted by Crippen LogP contribution is -2.10. The van der Waals surface area contributed by atoms with Crippen LogP contribution in [0.15, 0.2) is 34.9 Å². The Morgan fingerprint density at radius 3 is 2.95 bits per heavy atom. The van der Waals surface area contributed by atoms with E-state index in [0.29, 0.717) is 24.5 Å². The third kappa shape index (κ3) is 3.34. The van der Waals surface area contributed by atoms with Crippen LogP contribution in [0.3, 0.4) is 0 Å². The average Bonchev–Trinajstić information content (AvgIpc) is 2.83. The maximum absolute atomic E-state index is 11.8. The first kappa shape index (κ1) is 13.1. The van der Waals surface area contributed by atoms with Crippen LogP contribution in [0.25, 0.3) is 0 Å². The molecule has 0 saturated carbocycles. The summed E-state index contributed by atoms with van der Waals surface area (Å²) in [4.78, 5) is 15.9. The van der Waals surface area contributed by atoms with E-state index < -0.39 is 0 Å². The predicted octanol–water partition coefficient (Wildman–Crippen LogP) is 2.77. The van der Waals surface area contributed by atoms with Gasteiger partial charge < -0.3 is 14.5 Å². The van der Waals surface area contributed by atoms with E-state index in [0.717, 1.165) is 11.5 Å². The van der Waals surface area contributed by atoms with Gasteiger partial charge in [0.15, 0.2) is 0 Å². The highest BCUT2D eigenvalue weighted by Gasteiger charge is 2.13. The zero-order chi connectivity index (χ0) is 13.7. The lowest BCUT2D eigenvalue weighted by atomic mass is 10.2. The second kappa shape index (κ2) is 6.04. The molecular formula is C14H16N2O3. The molecule has 5 nitrogen and oxygen atoms in total. The summed E-state index contributed by atoms with van der Waals surface area (Å²) in [5.41, 5.74) is 0.424. The van der Waals surface area contributed by atoms with Gasteiger partial charge in [-0.2, -0.15) is 0 Å². The van der Waals surface area contributed by atoms with Crippen molar-refractivity contribution in [2.75, 3.05) is 11.9 Å². The summed E-state index contributed by atoms with van der Waals surface area (Å²) in [6, 6.07) is 7.16. The van der Waals surface area contributed by atoms with Crippen molar-refractivity contribution in [1.82, 2.24) is 4.98 Å². The van der Waals surface area contributed by atoms with Gasteiger partial charge in [-0.05, 0) is 38.1 Å². The van der Waals surface area contributed by atoms with Crippen molar-refractivity contribution in [3.8, 4) is 0 Å². The van der Waals surface area contributed by atoms with Gasteiger partial charge in [0, 0.05) is 6.20 Å². The van der Waals surface area contributed by atoms with Gasteiger partial charge in [-0.25, -0.2) is 9.78 Å². The van der Waals surface area contributed by atoms with E-state index in [-0.39, 0.29) is 5.97 Å². The van der Waals surface area contributed by atoms with Crippen LogP contribution >= 0.6 is 0 Å². The summed E-state index contributed by atoms with van der Waals surface area (Å²) in [7, 11) is 0. The highest BCUT2D eigenvalue weighted by atomic mass is 16.5. The van der Waals surface area contributed by atoms with Crippen LogP contribution < -0.4 is 5.32 Å². The zero-order valence-corrected chi connectivity index (χ0v) is 11.0. The summed E-state index contributed by atoms with van der Waals surface area (Å²) in [5, 5.41) is 3.08. The average molecular weight is 260 g/mol. The first-order valence-electron chi connectivity index (χ1n) is 6.12. The largest absolute Gasteiger partial charge is 0.465 e. The van der Waals surface area contributed by atoms with Crippen molar-refractivity contribution >= 4 is 11.8 Å². The van der Waals surface area contributed by atoms with Crippen molar-refractivity contribution in [3.63, 3.8) is 0 Å². The van der Waals surface area contributed by atoms with E-state index in [4.69, 9.17) is 9.15 Å². The molecule has 19 heavy (non-hydrogen) atoms. The van der Waals surface area contributed by atoms with Crippen molar-refractivity contribution in [3.05, 3.63) is 47.5 Å². The molecule has 0 amide bonds. The van der Waals surface area contributed by atoms with Crippen LogP contribution in [0.5, 0.6) is 0 Å². The second-order valence-electron chi connectivity index (χ2n) is 3.99. The van der Waals surface area contributed by atoms with Gasteiger partial charge in [0.2, 0.25) is 0 Å². The zero-order valence-electron chi connectivity index (χ0n) is 11.0. The number of aryl methyl sites for hydroxylation is 1. The van der Waals surface area contributed by atoms with Crippen molar-refractivity contribution in [2.24, 2.45) is 0 Å². The molecule has 2 aromatic rings. The number of carbonyl (C=O) groups excluding carboxylic acids is 1. The standard InChI is InChI=1S/C14H16N2O3/c1-3-18-14(17)12-5-4-8-15-13(12)16-9-11-7-6-10(2)19-11/h4-8H,3,9H2,1-2H3,(H,15,16). The highest BCUT2D eigenvalue weighted by Crippen LogP contribution is 2.15. The minimum atomic E-state index is -0.381. The number of hydrogen-bond acceptors (Lipinski definition) is 5. The molecule has 0 spiro atoms. The van der Waals surface area contributed by atoms with Gasteiger partial charge in [-0.1, -0.05) is 0 Å². The fourth-order valence-electron chi connectivity index (χ4n) is 1.67. The molecule has 0 aromatic carbocycles. The lowest BCUT2D eigenvalue weighted by Gasteiger charge is -2.08. The van der Waals surface area contributed by atoms with Gasteiger partial charge in [0.25, 0.3) is 0 Å². The number of rotatable bonds is 5. The van der Waals surface area contributed by atoms with Gasteiger partial charge in [0.1, 0.15) is 22.9 Å². The number of furan rings is 1. The minimum Gasteiger partial charge on any atom is -0.465 e. The molecule has 0 saturated heterocycles. The molecule has 0 radical (unpaired) electrons. The molecule has 5 heteroatoms. The minimum absolute atomic E-state index is 0.338. The van der Waals surface area contributed by atoms with Crippen molar-refractivity contribution < 1.29 is 13.9 Å². The van der Waals surface area contributed by atoms with E-state index in [9.17, 15) is 4.79 Å². The number of carbonyl (C=O) groups is 1. The van der Waals surface area contributed by atoms with Gasteiger partial charge >= 0.3 is 5.97 Å². The van der Waals surface area contributed by atoms with Gasteiger partial charge in [0.05, 0.1) is 13.2 Å². The number of pyridine rings is 1. The SMILES string of the molecule is CCOC(=O)c1cccnc1NCc1ccc(C)o1. The van der Waals surface area contributed by atoms with E-state index in [1.807, 2.05) is 19.1 Å². The Bertz CT molecular complexity index is 563. The maximum Gasteiger partial charge on any atom is 0.341 e. The summed E-state index contributed by atoms with van der Waals surface area (Å²) < 4.78 is 10.4. The normalized spacial score (nSPS) is 10.2. The molecule has 1 N–H and O–H groups in total. The summed E-state index contributed by atoms with van der Waals surface area (Å²) in [5.74, 6) is 1.75. The highest BCUT2D eigenvalue weighted by molar-refractivity contribution is 5.94. The summed E-state index contributed by atoms with van der Waals surface area (Å²) >= 11 is 0. The van der Waals surface area contributed by atoms with Crippen LogP contribution in [-0.4, -0.2) is 17.6 Å². The predicted molar refractivity (Wildman–Crippen MR) is 71.0 cm³/mol. The van der Waals surface area contributed by atoms with Gasteiger partial charge in [-0.15, -0.1) is 0 Å². The topological polar surface area (TPSA) is 64.4 Å². The molecule has 2 aromatic heterocycles. The number of esters is 1. The smallest absolute Gasteiger partial charge is 0.341 e. The Hall–Kier alpha value is -2.30. The van der Waals surface area contributed by atoms with Crippen molar-refractivity contribution in [1.29, 1.82) is 0 Å². The molecule has 0 bridgehead atoms. The van der Waals surface area contributed by atoms with E-state index in [1.54, 1.807) is 25.3 Å². The monoisotopic (exact) mass is 260 g/mol. The maximum atomic E-state index is 11.8. The summed E-state index contributed by atoms with van der Waals surface area (Å²) in [6.45, 7) is 4.46. The number of nitrogens with zero attached hydrogens (tertiary/aromatic N) is 1. The second-order valence-corrected chi connectivity index (χ2v) is 3.99. The summed E-state index contributed by atoms with van der Waals surface area (Å²) in [6.07, 6.45) is 1.62. The Morgan fingerprint density at radius 2 is 2.26 bits per heavy atom. The number of ether oxygens (including phenoxy) is 1. The van der Waals surface area contributed by atoms with Crippen molar-refractivity contribution in [2.45, 2.75) is 20.4 Å². The molecule has 0 unspecified atom stereocenters. The quantitative estimate of drug-likeness (QED) is 0.837. The number of aromatic nitrogens is 1. The molecular weight excluding hydrogens is 244 g/mol. The first-order valence-corrected chi connectivity index (χ1v) is 6.12. The third-order valence-corrected chi connectivity index (χ3v) is 2.53. The van der Waals surface area contributed by atoms with E-state index in [2.05, 4.69) is 10.3 Å². The van der Waals surface area contributed by atoms with E-state index in [1.165, 1.54) is 0 Å². The fourth-order valence-corrected chi connectivity index (χ4v) is 1.67. The van der Waals surface area contributed by atoms with Crippen LogP contribution in [0.2, 0.25) is 0 Å². The molecule has 2 heterocycles. The van der Waals surface area contributed by atoms with Crippen LogP contribution in [0.1, 0.15) is 28.8 Å². The Balaban J connectivity index is 2.09. The molecule has 0 aliphatic heterocycles. The molecule has 100 valence electrons. The van der Waals surface area contributed by atoms with Gasteiger partial charge in [-0.3, -0.25) is 0 Å². The molecule has 0 atom stereocenters.